The lowest BCUT2D eigenvalue weighted by Gasteiger charge is -2.11. The van der Waals surface area contributed by atoms with Gasteiger partial charge in [0.05, 0.1) is 0 Å². The van der Waals surface area contributed by atoms with E-state index in [1.165, 1.54) is 25.7 Å². The van der Waals surface area contributed by atoms with E-state index < -0.39 is 0 Å². The van der Waals surface area contributed by atoms with Crippen LogP contribution in [0.4, 0.5) is 11.8 Å². The quantitative estimate of drug-likeness (QED) is 0.642. The third kappa shape index (κ3) is 5.50. The Kier molecular flexibility index (Phi) is 6.43. The van der Waals surface area contributed by atoms with Crippen molar-refractivity contribution in [1.82, 2.24) is 15.3 Å². The van der Waals surface area contributed by atoms with Gasteiger partial charge in [0.2, 0.25) is 11.9 Å². The van der Waals surface area contributed by atoms with E-state index in [9.17, 15) is 4.79 Å². The fraction of sp³-hybridized carbons (Fsp3) is 0.688. The van der Waals surface area contributed by atoms with Crippen LogP contribution >= 0.6 is 0 Å². The van der Waals surface area contributed by atoms with Gasteiger partial charge in [0.15, 0.2) is 0 Å². The Morgan fingerprint density at radius 3 is 2.73 bits per heavy atom. The standard InChI is InChI=1S/C16H27N5O/c1-3-17-16-20-12(2)10-14(21-16)18-8-9-19-15(22)11-13-6-4-5-7-13/h10,13H,3-9,11H2,1-2H3,(H,19,22)(H2,17,18,20,21). The minimum absolute atomic E-state index is 0.168. The average Bonchev–Trinajstić information content (AvgIpc) is 2.96. The molecule has 3 N–H and O–H groups in total. The van der Waals surface area contributed by atoms with Crippen LogP contribution in [0.2, 0.25) is 0 Å². The average molecular weight is 305 g/mol. The molecule has 0 aliphatic heterocycles. The van der Waals surface area contributed by atoms with Gasteiger partial charge in [0.25, 0.3) is 0 Å². The molecule has 1 aliphatic carbocycles. The zero-order chi connectivity index (χ0) is 15.8. The highest BCUT2D eigenvalue weighted by Crippen LogP contribution is 2.27. The van der Waals surface area contributed by atoms with Crippen molar-refractivity contribution in [2.45, 2.75) is 46.0 Å². The Bertz CT molecular complexity index is 485. The van der Waals surface area contributed by atoms with Crippen molar-refractivity contribution >= 4 is 17.7 Å². The number of carbonyl (C=O) groups is 1. The van der Waals surface area contributed by atoms with Crippen molar-refractivity contribution in [3.63, 3.8) is 0 Å². The maximum atomic E-state index is 11.8. The zero-order valence-electron chi connectivity index (χ0n) is 13.6. The van der Waals surface area contributed by atoms with E-state index in [0.717, 1.165) is 18.1 Å². The summed E-state index contributed by atoms with van der Waals surface area (Å²) in [6, 6.07) is 1.90. The van der Waals surface area contributed by atoms with Crippen molar-refractivity contribution in [1.29, 1.82) is 0 Å². The van der Waals surface area contributed by atoms with Crippen LogP contribution in [0.3, 0.4) is 0 Å². The number of amides is 1. The van der Waals surface area contributed by atoms with Gasteiger partial charge in [-0.15, -0.1) is 0 Å². The molecule has 1 fully saturated rings. The van der Waals surface area contributed by atoms with E-state index in [0.29, 0.717) is 31.4 Å². The lowest BCUT2D eigenvalue weighted by Crippen LogP contribution is -2.30. The molecule has 0 aromatic carbocycles. The summed E-state index contributed by atoms with van der Waals surface area (Å²) in [6.45, 7) is 6.03. The van der Waals surface area contributed by atoms with Gasteiger partial charge in [0, 0.05) is 37.8 Å². The summed E-state index contributed by atoms with van der Waals surface area (Å²) in [6.07, 6.45) is 5.65. The summed E-state index contributed by atoms with van der Waals surface area (Å²) < 4.78 is 0. The van der Waals surface area contributed by atoms with Crippen molar-refractivity contribution in [3.05, 3.63) is 11.8 Å². The molecule has 0 bridgehead atoms. The molecular weight excluding hydrogens is 278 g/mol. The minimum atomic E-state index is 0.168. The Morgan fingerprint density at radius 2 is 2.00 bits per heavy atom. The van der Waals surface area contributed by atoms with Gasteiger partial charge < -0.3 is 16.0 Å². The molecule has 1 amide bonds. The van der Waals surface area contributed by atoms with Crippen LogP contribution in [0.1, 0.15) is 44.7 Å². The van der Waals surface area contributed by atoms with E-state index in [2.05, 4.69) is 25.9 Å². The molecule has 1 saturated carbocycles. The lowest BCUT2D eigenvalue weighted by molar-refractivity contribution is -0.121. The fourth-order valence-corrected chi connectivity index (χ4v) is 2.84. The summed E-state index contributed by atoms with van der Waals surface area (Å²) >= 11 is 0. The van der Waals surface area contributed by atoms with Crippen LogP contribution in [0.5, 0.6) is 0 Å². The van der Waals surface area contributed by atoms with E-state index in [-0.39, 0.29) is 5.91 Å². The number of nitrogens with one attached hydrogen (secondary N) is 3. The molecular formula is C16H27N5O. The first-order valence-electron chi connectivity index (χ1n) is 8.27. The largest absolute Gasteiger partial charge is 0.368 e. The van der Waals surface area contributed by atoms with Crippen molar-refractivity contribution < 1.29 is 4.79 Å². The normalized spacial score (nSPS) is 14.8. The number of nitrogens with zero attached hydrogens (tertiary/aromatic N) is 2. The maximum absolute atomic E-state index is 11.8. The van der Waals surface area contributed by atoms with Gasteiger partial charge in [-0.3, -0.25) is 4.79 Å². The molecule has 2 rings (SSSR count). The number of aryl methyl sites for hydroxylation is 1. The number of hydrogen-bond donors (Lipinski definition) is 3. The van der Waals surface area contributed by atoms with Crippen LogP contribution < -0.4 is 16.0 Å². The minimum Gasteiger partial charge on any atom is -0.368 e. The monoisotopic (exact) mass is 305 g/mol. The summed E-state index contributed by atoms with van der Waals surface area (Å²) in [5, 5.41) is 9.31. The third-order valence-electron chi connectivity index (χ3n) is 3.89. The third-order valence-corrected chi connectivity index (χ3v) is 3.89. The molecule has 22 heavy (non-hydrogen) atoms. The van der Waals surface area contributed by atoms with Crippen LogP contribution in [-0.2, 0) is 4.79 Å². The highest BCUT2D eigenvalue weighted by Gasteiger charge is 2.17. The van der Waals surface area contributed by atoms with Gasteiger partial charge in [-0.2, -0.15) is 4.98 Å². The predicted octanol–water partition coefficient (Wildman–Crippen LogP) is 2.33. The lowest BCUT2D eigenvalue weighted by atomic mass is 10.0. The maximum Gasteiger partial charge on any atom is 0.224 e. The molecule has 0 atom stereocenters. The van der Waals surface area contributed by atoms with Crippen molar-refractivity contribution in [2.75, 3.05) is 30.3 Å². The van der Waals surface area contributed by atoms with E-state index >= 15 is 0 Å². The molecule has 1 aliphatic rings. The van der Waals surface area contributed by atoms with Crippen molar-refractivity contribution in [3.8, 4) is 0 Å². The van der Waals surface area contributed by atoms with Gasteiger partial charge in [0.1, 0.15) is 5.82 Å². The molecule has 0 radical (unpaired) electrons. The highest BCUT2D eigenvalue weighted by molar-refractivity contribution is 5.76. The molecule has 1 aromatic rings. The Hall–Kier alpha value is -1.85. The van der Waals surface area contributed by atoms with Crippen molar-refractivity contribution in [2.24, 2.45) is 5.92 Å². The Labute approximate surface area is 132 Å². The second kappa shape index (κ2) is 8.56. The summed E-state index contributed by atoms with van der Waals surface area (Å²) in [7, 11) is 0. The number of rotatable bonds is 8. The Morgan fingerprint density at radius 1 is 1.23 bits per heavy atom. The molecule has 6 heteroatoms. The van der Waals surface area contributed by atoms with Gasteiger partial charge in [-0.25, -0.2) is 4.98 Å². The first-order chi connectivity index (χ1) is 10.7. The molecule has 1 heterocycles. The van der Waals surface area contributed by atoms with Crippen LogP contribution in [0.15, 0.2) is 6.07 Å². The molecule has 6 nitrogen and oxygen atoms in total. The van der Waals surface area contributed by atoms with Crippen LogP contribution in [0.25, 0.3) is 0 Å². The number of aromatic nitrogens is 2. The summed E-state index contributed by atoms with van der Waals surface area (Å²) in [5.41, 5.74) is 0.915. The van der Waals surface area contributed by atoms with Gasteiger partial charge >= 0.3 is 0 Å². The zero-order valence-corrected chi connectivity index (χ0v) is 13.6. The van der Waals surface area contributed by atoms with Gasteiger partial charge in [-0.1, -0.05) is 12.8 Å². The first-order valence-corrected chi connectivity index (χ1v) is 8.27. The summed E-state index contributed by atoms with van der Waals surface area (Å²) in [5.74, 6) is 2.19. The summed E-state index contributed by atoms with van der Waals surface area (Å²) in [4.78, 5) is 20.5. The van der Waals surface area contributed by atoms with Crippen LogP contribution in [0, 0.1) is 12.8 Å². The van der Waals surface area contributed by atoms with Crippen LogP contribution in [-0.4, -0.2) is 35.5 Å². The second-order valence-corrected chi connectivity index (χ2v) is 5.88. The number of hydrogen-bond acceptors (Lipinski definition) is 5. The first kappa shape index (κ1) is 16.5. The molecule has 0 saturated heterocycles. The molecule has 122 valence electrons. The fourth-order valence-electron chi connectivity index (χ4n) is 2.84. The van der Waals surface area contributed by atoms with E-state index in [1.807, 2.05) is 19.9 Å². The van der Waals surface area contributed by atoms with Gasteiger partial charge in [-0.05, 0) is 32.6 Å². The smallest absolute Gasteiger partial charge is 0.224 e. The SMILES string of the molecule is CCNc1nc(C)cc(NCCNC(=O)CC2CCCC2)n1. The number of carbonyl (C=O) groups excluding carboxylic acids is 1. The van der Waals surface area contributed by atoms with E-state index in [4.69, 9.17) is 0 Å². The van der Waals surface area contributed by atoms with E-state index in [1.54, 1.807) is 0 Å². The number of anilines is 2. The molecule has 1 aromatic heterocycles. The second-order valence-electron chi connectivity index (χ2n) is 5.88. The molecule has 0 spiro atoms. The predicted molar refractivity (Wildman–Crippen MR) is 89.0 cm³/mol. The topological polar surface area (TPSA) is 78.9 Å². The highest BCUT2D eigenvalue weighted by atomic mass is 16.1. The molecule has 0 unspecified atom stereocenters. The Balaban J connectivity index is 1.68.